The summed E-state index contributed by atoms with van der Waals surface area (Å²) in [5.74, 6) is -2.00. The van der Waals surface area contributed by atoms with Gasteiger partial charge in [-0.05, 0) is 56.0 Å². The van der Waals surface area contributed by atoms with Crippen LogP contribution in [0.25, 0.3) is 0 Å². The number of nitrogens with zero attached hydrogens (tertiary/aromatic N) is 1. The molecule has 1 heterocycles. The Kier molecular flexibility index (Phi) is 8.18. The minimum absolute atomic E-state index is 0.0334. The number of carbonyl (C=O) groups excluding carboxylic acids is 3. The Bertz CT molecular complexity index is 1150. The summed E-state index contributed by atoms with van der Waals surface area (Å²) < 4.78 is 19.9. The monoisotopic (exact) mass is 492 g/mol. The number of allylic oxidation sites excluding steroid dienone is 1. The van der Waals surface area contributed by atoms with Gasteiger partial charge in [0.05, 0.1) is 18.7 Å². The Balaban J connectivity index is 1.55. The quantitative estimate of drug-likeness (QED) is 0.537. The lowest BCUT2D eigenvalue weighted by molar-refractivity contribution is -0.140. The first-order valence-electron chi connectivity index (χ1n) is 12.7. The third-order valence-electron chi connectivity index (χ3n) is 7.10. The fraction of sp³-hybridized carbons (Fsp3) is 0.414. The topological polar surface area (TPSA) is 75.7 Å². The lowest BCUT2D eigenvalue weighted by atomic mass is 9.83. The maximum absolute atomic E-state index is 14.6. The number of esters is 1. The molecule has 1 unspecified atom stereocenters. The summed E-state index contributed by atoms with van der Waals surface area (Å²) in [4.78, 5) is 40.3. The molecule has 1 N–H and O–H groups in total. The molecule has 0 aromatic heterocycles. The number of rotatable bonds is 7. The van der Waals surface area contributed by atoms with E-state index in [0.29, 0.717) is 22.4 Å². The van der Waals surface area contributed by atoms with Crippen LogP contribution in [0.1, 0.15) is 79.8 Å². The smallest absolute Gasteiger partial charge is 0.336 e. The van der Waals surface area contributed by atoms with Crippen molar-refractivity contribution in [3.05, 3.63) is 82.3 Å². The molecule has 0 spiro atoms. The number of benzene rings is 2. The fourth-order valence-corrected chi connectivity index (χ4v) is 5.16. The summed E-state index contributed by atoms with van der Waals surface area (Å²) in [7, 11) is 0. The maximum Gasteiger partial charge on any atom is 0.336 e. The molecule has 1 aliphatic heterocycles. The first kappa shape index (κ1) is 25.6. The van der Waals surface area contributed by atoms with E-state index in [0.717, 1.165) is 31.2 Å². The van der Waals surface area contributed by atoms with E-state index in [4.69, 9.17) is 4.74 Å². The van der Waals surface area contributed by atoms with Gasteiger partial charge in [-0.15, -0.1) is 0 Å². The van der Waals surface area contributed by atoms with Crippen molar-refractivity contribution in [2.45, 2.75) is 70.9 Å². The molecule has 1 atom stereocenters. The lowest BCUT2D eigenvalue weighted by Crippen LogP contribution is -2.38. The highest BCUT2D eigenvalue weighted by Crippen LogP contribution is 2.38. The zero-order valence-electron chi connectivity index (χ0n) is 20.9. The summed E-state index contributed by atoms with van der Waals surface area (Å²) in [5.41, 5.74) is 2.46. The van der Waals surface area contributed by atoms with Crippen LogP contribution in [-0.2, 0) is 20.9 Å². The van der Waals surface area contributed by atoms with Crippen molar-refractivity contribution >= 4 is 17.8 Å². The first-order valence-corrected chi connectivity index (χ1v) is 12.7. The fourth-order valence-electron chi connectivity index (χ4n) is 5.16. The van der Waals surface area contributed by atoms with Crippen molar-refractivity contribution in [1.29, 1.82) is 0 Å². The van der Waals surface area contributed by atoms with E-state index >= 15 is 0 Å². The predicted octanol–water partition coefficient (Wildman–Crippen LogP) is 5.24. The van der Waals surface area contributed by atoms with Gasteiger partial charge in [-0.2, -0.15) is 0 Å². The number of nitrogens with one attached hydrogen (secondary N) is 1. The van der Waals surface area contributed by atoms with Crippen LogP contribution in [0.15, 0.2) is 59.8 Å². The second kappa shape index (κ2) is 11.5. The molecule has 36 heavy (non-hydrogen) atoms. The van der Waals surface area contributed by atoms with Crippen LogP contribution in [0, 0.1) is 5.82 Å². The lowest BCUT2D eigenvalue weighted by Gasteiger charge is -2.34. The van der Waals surface area contributed by atoms with Crippen molar-refractivity contribution in [3.63, 3.8) is 0 Å². The second-order valence-electron chi connectivity index (χ2n) is 9.48. The third kappa shape index (κ3) is 5.66. The van der Waals surface area contributed by atoms with Crippen LogP contribution >= 0.6 is 0 Å². The van der Waals surface area contributed by atoms with E-state index in [9.17, 15) is 18.8 Å². The van der Waals surface area contributed by atoms with Crippen molar-refractivity contribution in [1.82, 2.24) is 10.2 Å². The first-order chi connectivity index (χ1) is 17.4. The number of carbonyl (C=O) groups is 3. The molecule has 2 amide bonds. The average molecular weight is 493 g/mol. The minimum atomic E-state index is -0.708. The molecule has 2 aromatic carbocycles. The van der Waals surface area contributed by atoms with E-state index in [1.54, 1.807) is 49.1 Å². The van der Waals surface area contributed by atoms with Crippen molar-refractivity contribution in [2.75, 3.05) is 6.61 Å². The molecular formula is C29H33FN2O4. The van der Waals surface area contributed by atoms with E-state index in [1.807, 2.05) is 12.1 Å². The molecule has 0 saturated heterocycles. The van der Waals surface area contributed by atoms with Gasteiger partial charge in [-0.1, -0.05) is 49.6 Å². The minimum Gasteiger partial charge on any atom is -0.463 e. The van der Waals surface area contributed by atoms with E-state index in [-0.39, 0.29) is 37.4 Å². The number of ether oxygens (including phenoxy) is 1. The Morgan fingerprint density at radius 3 is 2.42 bits per heavy atom. The van der Waals surface area contributed by atoms with E-state index in [2.05, 4.69) is 5.32 Å². The highest BCUT2D eigenvalue weighted by atomic mass is 19.1. The predicted molar refractivity (Wildman–Crippen MR) is 134 cm³/mol. The SMILES string of the molecule is CCOC(=O)C1=C(C)N(Cc2ccc(C(=O)NC3CCCCC3)cc2)C(=O)CC1c1ccccc1F. The normalized spacial score (nSPS) is 18.8. The van der Waals surface area contributed by atoms with E-state index in [1.165, 1.54) is 12.5 Å². The molecule has 1 fully saturated rings. The molecule has 7 heteroatoms. The number of hydrogen-bond acceptors (Lipinski definition) is 4. The van der Waals surface area contributed by atoms with Crippen LogP contribution in [0.4, 0.5) is 4.39 Å². The Morgan fingerprint density at radius 1 is 1.06 bits per heavy atom. The van der Waals surface area contributed by atoms with Crippen LogP contribution in [-0.4, -0.2) is 35.3 Å². The van der Waals surface area contributed by atoms with Gasteiger partial charge in [0.25, 0.3) is 5.91 Å². The van der Waals surface area contributed by atoms with Crippen molar-refractivity contribution < 1.29 is 23.5 Å². The third-order valence-corrected chi connectivity index (χ3v) is 7.10. The molecule has 190 valence electrons. The van der Waals surface area contributed by atoms with Gasteiger partial charge in [-0.3, -0.25) is 9.59 Å². The molecule has 0 bridgehead atoms. The van der Waals surface area contributed by atoms with Crippen molar-refractivity contribution in [3.8, 4) is 0 Å². The van der Waals surface area contributed by atoms with Gasteiger partial charge >= 0.3 is 5.97 Å². The summed E-state index contributed by atoms with van der Waals surface area (Å²) >= 11 is 0. The van der Waals surface area contributed by atoms with Crippen LogP contribution in [0.2, 0.25) is 0 Å². The molecule has 6 nitrogen and oxygen atoms in total. The number of hydrogen-bond donors (Lipinski definition) is 1. The van der Waals surface area contributed by atoms with Gasteiger partial charge < -0.3 is 15.0 Å². The van der Waals surface area contributed by atoms with Gasteiger partial charge in [0, 0.05) is 29.6 Å². The molecule has 2 aliphatic rings. The van der Waals surface area contributed by atoms with Crippen LogP contribution in [0.5, 0.6) is 0 Å². The van der Waals surface area contributed by atoms with Gasteiger partial charge in [0.2, 0.25) is 5.91 Å². The molecule has 1 aliphatic carbocycles. The highest BCUT2D eigenvalue weighted by molar-refractivity contribution is 5.96. The summed E-state index contributed by atoms with van der Waals surface area (Å²) in [6.45, 7) is 3.83. The zero-order chi connectivity index (χ0) is 25.7. The Labute approximate surface area is 211 Å². The molecule has 1 saturated carbocycles. The molecule has 0 radical (unpaired) electrons. The molecular weight excluding hydrogens is 459 g/mol. The zero-order valence-corrected chi connectivity index (χ0v) is 20.9. The largest absolute Gasteiger partial charge is 0.463 e. The summed E-state index contributed by atoms with van der Waals surface area (Å²) in [6, 6.07) is 13.6. The second-order valence-corrected chi connectivity index (χ2v) is 9.48. The highest BCUT2D eigenvalue weighted by Gasteiger charge is 2.38. The number of halogens is 1. The van der Waals surface area contributed by atoms with Gasteiger partial charge in [0.1, 0.15) is 5.82 Å². The molecule has 4 rings (SSSR count). The van der Waals surface area contributed by atoms with Crippen LogP contribution < -0.4 is 5.32 Å². The maximum atomic E-state index is 14.6. The summed E-state index contributed by atoms with van der Waals surface area (Å²) in [5, 5.41) is 3.11. The Hall–Kier alpha value is -3.48. The van der Waals surface area contributed by atoms with E-state index < -0.39 is 17.7 Å². The number of amides is 2. The van der Waals surface area contributed by atoms with Crippen LogP contribution in [0.3, 0.4) is 0 Å². The standard InChI is InChI=1S/C29H33FN2O4/c1-3-36-29(35)27-19(2)32(26(33)17-24(27)23-11-7-8-12-25(23)30)18-20-13-15-21(16-14-20)28(34)31-22-9-5-4-6-10-22/h7-8,11-16,22,24H,3-6,9-10,17-18H2,1-2H3,(H,31,34). The summed E-state index contributed by atoms with van der Waals surface area (Å²) in [6.07, 6.45) is 5.52. The van der Waals surface area contributed by atoms with Crippen molar-refractivity contribution in [2.24, 2.45) is 0 Å². The average Bonchev–Trinajstić information content (AvgIpc) is 2.87. The Morgan fingerprint density at radius 2 is 1.75 bits per heavy atom. The molecule has 2 aromatic rings. The van der Waals surface area contributed by atoms with Gasteiger partial charge in [0.15, 0.2) is 0 Å². The van der Waals surface area contributed by atoms with Gasteiger partial charge in [-0.25, -0.2) is 9.18 Å².